The standard InChI is InChI=1S/C21H21N3O/c1-15-22-20-11-12-24(14-19(20)21(25)23-15)13-16-7-9-18(10-8-16)17-5-3-2-4-6-17/h2-10H,11-14H2,1H3,(H,22,23,25). The van der Waals surface area contributed by atoms with Crippen LogP contribution in [0.25, 0.3) is 11.1 Å². The molecule has 0 bridgehead atoms. The van der Waals surface area contributed by atoms with Crippen molar-refractivity contribution in [1.29, 1.82) is 0 Å². The van der Waals surface area contributed by atoms with Crippen LogP contribution in [0.4, 0.5) is 0 Å². The molecule has 1 aliphatic rings. The highest BCUT2D eigenvalue weighted by Gasteiger charge is 2.20. The van der Waals surface area contributed by atoms with E-state index in [-0.39, 0.29) is 5.56 Å². The third-order valence-corrected chi connectivity index (χ3v) is 4.73. The molecule has 0 aliphatic carbocycles. The Hall–Kier alpha value is -2.72. The lowest BCUT2D eigenvalue weighted by molar-refractivity contribution is 0.241. The fourth-order valence-corrected chi connectivity index (χ4v) is 3.43. The van der Waals surface area contributed by atoms with E-state index in [0.29, 0.717) is 12.4 Å². The molecule has 1 aromatic heterocycles. The van der Waals surface area contributed by atoms with E-state index >= 15 is 0 Å². The van der Waals surface area contributed by atoms with E-state index in [1.54, 1.807) is 0 Å². The molecule has 25 heavy (non-hydrogen) atoms. The molecule has 0 saturated heterocycles. The maximum atomic E-state index is 12.2. The zero-order valence-electron chi connectivity index (χ0n) is 14.3. The number of hydrogen-bond donors (Lipinski definition) is 1. The van der Waals surface area contributed by atoms with Crippen molar-refractivity contribution in [2.24, 2.45) is 0 Å². The number of aryl methyl sites for hydroxylation is 1. The van der Waals surface area contributed by atoms with Crippen LogP contribution in [-0.2, 0) is 19.5 Å². The SMILES string of the molecule is Cc1nc2c(c(=O)[nH]1)CN(Cc1ccc(-c3ccccc3)cc1)CC2. The molecule has 0 radical (unpaired) electrons. The lowest BCUT2D eigenvalue weighted by Crippen LogP contribution is -2.35. The van der Waals surface area contributed by atoms with Crippen molar-refractivity contribution in [2.45, 2.75) is 26.4 Å². The summed E-state index contributed by atoms with van der Waals surface area (Å²) in [6, 6.07) is 19.1. The van der Waals surface area contributed by atoms with E-state index in [1.165, 1.54) is 16.7 Å². The molecule has 4 rings (SSSR count). The Morgan fingerprint density at radius 2 is 1.76 bits per heavy atom. The van der Waals surface area contributed by atoms with Crippen molar-refractivity contribution in [2.75, 3.05) is 6.54 Å². The fourth-order valence-electron chi connectivity index (χ4n) is 3.43. The second-order valence-electron chi connectivity index (χ2n) is 6.60. The highest BCUT2D eigenvalue weighted by molar-refractivity contribution is 5.63. The largest absolute Gasteiger partial charge is 0.310 e. The molecule has 0 amide bonds. The first-order valence-corrected chi connectivity index (χ1v) is 8.64. The van der Waals surface area contributed by atoms with Gasteiger partial charge < -0.3 is 4.98 Å². The second kappa shape index (κ2) is 6.65. The number of hydrogen-bond acceptors (Lipinski definition) is 3. The summed E-state index contributed by atoms with van der Waals surface area (Å²) in [5.41, 5.74) is 5.50. The number of nitrogens with one attached hydrogen (secondary N) is 1. The lowest BCUT2D eigenvalue weighted by Gasteiger charge is -2.27. The first kappa shape index (κ1) is 15.8. The van der Waals surface area contributed by atoms with Crippen LogP contribution in [0.5, 0.6) is 0 Å². The monoisotopic (exact) mass is 331 g/mol. The van der Waals surface area contributed by atoms with Crippen LogP contribution in [0.15, 0.2) is 59.4 Å². The molecule has 0 saturated carbocycles. The Balaban J connectivity index is 1.49. The van der Waals surface area contributed by atoms with Crippen LogP contribution in [0.1, 0.15) is 22.6 Å². The molecule has 3 aromatic rings. The molecule has 2 aromatic carbocycles. The van der Waals surface area contributed by atoms with Gasteiger partial charge in [0.15, 0.2) is 0 Å². The van der Waals surface area contributed by atoms with Gasteiger partial charge in [0.2, 0.25) is 0 Å². The minimum Gasteiger partial charge on any atom is -0.310 e. The molecule has 1 N–H and O–H groups in total. The van der Waals surface area contributed by atoms with Gasteiger partial charge in [-0.25, -0.2) is 4.98 Å². The van der Waals surface area contributed by atoms with E-state index in [4.69, 9.17) is 0 Å². The average molecular weight is 331 g/mol. The van der Waals surface area contributed by atoms with Gasteiger partial charge >= 0.3 is 0 Å². The smallest absolute Gasteiger partial charge is 0.255 e. The zero-order valence-corrected chi connectivity index (χ0v) is 14.3. The van der Waals surface area contributed by atoms with Crippen LogP contribution in [0, 0.1) is 6.92 Å². The Labute approximate surface area is 147 Å². The summed E-state index contributed by atoms with van der Waals surface area (Å²) in [7, 11) is 0. The van der Waals surface area contributed by atoms with Crippen LogP contribution >= 0.6 is 0 Å². The highest BCUT2D eigenvalue weighted by atomic mass is 16.1. The average Bonchev–Trinajstić information content (AvgIpc) is 2.63. The van der Waals surface area contributed by atoms with Gasteiger partial charge in [0.05, 0.1) is 11.3 Å². The molecule has 0 unspecified atom stereocenters. The number of H-pyrrole nitrogens is 1. The summed E-state index contributed by atoms with van der Waals surface area (Å²) in [4.78, 5) is 21.8. The molecule has 4 nitrogen and oxygen atoms in total. The minimum absolute atomic E-state index is 0.00613. The summed E-state index contributed by atoms with van der Waals surface area (Å²) in [5.74, 6) is 0.703. The molecule has 0 spiro atoms. The number of aromatic amines is 1. The fraction of sp³-hybridized carbons (Fsp3) is 0.238. The topological polar surface area (TPSA) is 49.0 Å². The summed E-state index contributed by atoms with van der Waals surface area (Å²) in [6.07, 6.45) is 0.836. The summed E-state index contributed by atoms with van der Waals surface area (Å²) < 4.78 is 0. The van der Waals surface area contributed by atoms with Gasteiger partial charge in [-0.1, -0.05) is 54.6 Å². The Morgan fingerprint density at radius 1 is 1.04 bits per heavy atom. The number of rotatable bonds is 3. The number of benzene rings is 2. The molecule has 2 heterocycles. The van der Waals surface area contributed by atoms with Crippen LogP contribution in [0.3, 0.4) is 0 Å². The van der Waals surface area contributed by atoms with Crippen molar-refractivity contribution in [3.05, 3.63) is 87.6 Å². The first-order valence-electron chi connectivity index (χ1n) is 8.64. The summed E-state index contributed by atoms with van der Waals surface area (Å²) in [6.45, 7) is 4.28. The van der Waals surface area contributed by atoms with Gasteiger partial charge in [-0.15, -0.1) is 0 Å². The molecule has 0 atom stereocenters. The van der Waals surface area contributed by atoms with Gasteiger partial charge in [0.1, 0.15) is 5.82 Å². The molecule has 0 fully saturated rings. The Bertz CT molecular complexity index is 930. The molecule has 4 heteroatoms. The lowest BCUT2D eigenvalue weighted by atomic mass is 10.0. The van der Waals surface area contributed by atoms with E-state index in [1.807, 2.05) is 13.0 Å². The van der Waals surface area contributed by atoms with Crippen molar-refractivity contribution < 1.29 is 0 Å². The number of fused-ring (bicyclic) bond motifs is 1. The van der Waals surface area contributed by atoms with E-state index in [0.717, 1.165) is 30.8 Å². The van der Waals surface area contributed by atoms with Crippen molar-refractivity contribution in [3.8, 4) is 11.1 Å². The van der Waals surface area contributed by atoms with Crippen molar-refractivity contribution >= 4 is 0 Å². The predicted molar refractivity (Wildman–Crippen MR) is 99.3 cm³/mol. The molecular formula is C21H21N3O. The van der Waals surface area contributed by atoms with Crippen LogP contribution < -0.4 is 5.56 Å². The predicted octanol–water partition coefficient (Wildman–Crippen LogP) is 3.30. The van der Waals surface area contributed by atoms with Crippen molar-refractivity contribution in [3.63, 3.8) is 0 Å². The van der Waals surface area contributed by atoms with Gasteiger partial charge in [0, 0.05) is 26.1 Å². The van der Waals surface area contributed by atoms with Gasteiger partial charge in [0.25, 0.3) is 5.56 Å². The van der Waals surface area contributed by atoms with Crippen LogP contribution in [-0.4, -0.2) is 21.4 Å². The normalized spacial score (nSPS) is 14.3. The Morgan fingerprint density at radius 3 is 2.52 bits per heavy atom. The number of aromatic nitrogens is 2. The highest BCUT2D eigenvalue weighted by Crippen LogP contribution is 2.21. The van der Waals surface area contributed by atoms with Crippen LogP contribution in [0.2, 0.25) is 0 Å². The quantitative estimate of drug-likeness (QED) is 0.801. The Kier molecular flexibility index (Phi) is 4.20. The summed E-state index contributed by atoms with van der Waals surface area (Å²) in [5, 5.41) is 0. The second-order valence-corrected chi connectivity index (χ2v) is 6.60. The molecular weight excluding hydrogens is 310 g/mol. The first-order chi connectivity index (χ1) is 12.2. The van der Waals surface area contributed by atoms with E-state index < -0.39 is 0 Å². The maximum Gasteiger partial charge on any atom is 0.255 e. The third kappa shape index (κ3) is 3.39. The number of nitrogens with zero attached hydrogens (tertiary/aromatic N) is 2. The van der Waals surface area contributed by atoms with Gasteiger partial charge in [-0.05, 0) is 23.6 Å². The molecule has 126 valence electrons. The van der Waals surface area contributed by atoms with E-state index in [2.05, 4.69) is 63.4 Å². The van der Waals surface area contributed by atoms with Gasteiger partial charge in [-0.3, -0.25) is 9.69 Å². The molecule has 1 aliphatic heterocycles. The maximum absolute atomic E-state index is 12.2. The third-order valence-electron chi connectivity index (χ3n) is 4.73. The van der Waals surface area contributed by atoms with Crippen molar-refractivity contribution in [1.82, 2.24) is 14.9 Å². The van der Waals surface area contributed by atoms with Gasteiger partial charge in [-0.2, -0.15) is 0 Å². The van der Waals surface area contributed by atoms with E-state index in [9.17, 15) is 4.79 Å². The summed E-state index contributed by atoms with van der Waals surface area (Å²) >= 11 is 0. The zero-order chi connectivity index (χ0) is 17.2. The minimum atomic E-state index is 0.00613.